The number of amidine groups is 1. The maximum Gasteiger partial charge on any atom is 0.264 e. The Hall–Kier alpha value is -1.95. The number of thioether (sulfide) groups is 1. The fraction of sp³-hybridized carbons (Fsp3) is 0.0588. The average molecular weight is 379 g/mol. The Labute approximate surface area is 153 Å². The van der Waals surface area contributed by atoms with Gasteiger partial charge in [-0.3, -0.25) is 4.79 Å². The van der Waals surface area contributed by atoms with E-state index in [1.54, 1.807) is 49.6 Å². The SMILES string of the molecule is COc1ccc(/C=C2/SC(=Nc3ccc(Cl)cc3)NC2=O)cc1Cl. The van der Waals surface area contributed by atoms with Crippen LogP contribution in [0.2, 0.25) is 10.0 Å². The van der Waals surface area contributed by atoms with Gasteiger partial charge in [0.05, 0.1) is 22.7 Å². The Morgan fingerprint density at radius 2 is 1.92 bits per heavy atom. The second kappa shape index (κ2) is 7.30. The molecule has 0 unspecified atom stereocenters. The maximum atomic E-state index is 12.1. The molecular weight excluding hydrogens is 367 g/mol. The lowest BCUT2D eigenvalue weighted by molar-refractivity contribution is -0.115. The van der Waals surface area contributed by atoms with Crippen LogP contribution < -0.4 is 10.1 Å². The number of hydrogen-bond acceptors (Lipinski definition) is 4. The minimum atomic E-state index is -0.195. The van der Waals surface area contributed by atoms with Gasteiger partial charge in [-0.1, -0.05) is 29.3 Å². The van der Waals surface area contributed by atoms with Crippen molar-refractivity contribution in [2.45, 2.75) is 0 Å². The highest BCUT2D eigenvalue weighted by molar-refractivity contribution is 8.18. The molecule has 1 heterocycles. The number of nitrogens with zero attached hydrogens (tertiary/aromatic N) is 1. The first-order valence-corrected chi connectivity index (χ1v) is 8.51. The van der Waals surface area contributed by atoms with E-state index in [0.29, 0.717) is 25.9 Å². The van der Waals surface area contributed by atoms with Gasteiger partial charge >= 0.3 is 0 Å². The molecule has 1 saturated heterocycles. The zero-order chi connectivity index (χ0) is 17.1. The third-order valence-electron chi connectivity index (χ3n) is 3.18. The molecule has 24 heavy (non-hydrogen) atoms. The van der Waals surface area contributed by atoms with E-state index >= 15 is 0 Å². The largest absolute Gasteiger partial charge is 0.495 e. The quantitative estimate of drug-likeness (QED) is 0.773. The monoisotopic (exact) mass is 378 g/mol. The van der Waals surface area contributed by atoms with Gasteiger partial charge in [0.15, 0.2) is 5.17 Å². The molecule has 7 heteroatoms. The zero-order valence-corrected chi connectivity index (χ0v) is 14.9. The Morgan fingerprint density at radius 3 is 2.58 bits per heavy atom. The van der Waals surface area contributed by atoms with Crippen LogP contribution in [-0.4, -0.2) is 18.2 Å². The molecule has 4 nitrogen and oxygen atoms in total. The Morgan fingerprint density at radius 1 is 1.17 bits per heavy atom. The lowest BCUT2D eigenvalue weighted by atomic mass is 10.2. The summed E-state index contributed by atoms with van der Waals surface area (Å²) in [6.07, 6.45) is 1.76. The van der Waals surface area contributed by atoms with Crippen molar-refractivity contribution in [2.24, 2.45) is 4.99 Å². The van der Waals surface area contributed by atoms with Crippen molar-refractivity contribution < 1.29 is 9.53 Å². The van der Waals surface area contributed by atoms with Crippen molar-refractivity contribution >= 4 is 57.8 Å². The van der Waals surface area contributed by atoms with Crippen LogP contribution in [0, 0.1) is 0 Å². The maximum absolute atomic E-state index is 12.1. The summed E-state index contributed by atoms with van der Waals surface area (Å²) in [6, 6.07) is 12.4. The smallest absolute Gasteiger partial charge is 0.264 e. The van der Waals surface area contributed by atoms with Gasteiger partial charge in [-0.15, -0.1) is 0 Å². The molecule has 3 rings (SSSR count). The average Bonchev–Trinajstić information content (AvgIpc) is 2.89. The van der Waals surface area contributed by atoms with Crippen molar-refractivity contribution in [3.63, 3.8) is 0 Å². The molecule has 0 aromatic heterocycles. The van der Waals surface area contributed by atoms with E-state index < -0.39 is 0 Å². The van der Waals surface area contributed by atoms with Gasteiger partial charge in [0.2, 0.25) is 0 Å². The fourth-order valence-corrected chi connectivity index (χ4v) is 3.27. The zero-order valence-electron chi connectivity index (χ0n) is 12.5. The number of amides is 1. The summed E-state index contributed by atoms with van der Waals surface area (Å²) in [4.78, 5) is 17.0. The van der Waals surface area contributed by atoms with E-state index in [9.17, 15) is 4.79 Å². The predicted octanol–water partition coefficient (Wildman–Crippen LogP) is 4.89. The van der Waals surface area contributed by atoms with Gasteiger partial charge in [0.1, 0.15) is 5.75 Å². The second-order valence-corrected chi connectivity index (χ2v) is 6.73. The predicted molar refractivity (Wildman–Crippen MR) is 100 cm³/mol. The molecule has 122 valence electrons. The minimum Gasteiger partial charge on any atom is -0.495 e. The molecule has 0 saturated carbocycles. The van der Waals surface area contributed by atoms with Crippen molar-refractivity contribution in [3.05, 3.63) is 63.0 Å². The molecule has 1 N–H and O–H groups in total. The van der Waals surface area contributed by atoms with Gasteiger partial charge < -0.3 is 10.1 Å². The highest BCUT2D eigenvalue weighted by Gasteiger charge is 2.23. The molecule has 0 radical (unpaired) electrons. The summed E-state index contributed by atoms with van der Waals surface area (Å²) < 4.78 is 5.12. The number of hydrogen-bond donors (Lipinski definition) is 1. The first-order chi connectivity index (χ1) is 11.5. The normalized spacial score (nSPS) is 17.4. The Bertz CT molecular complexity index is 848. The number of carbonyl (C=O) groups is 1. The van der Waals surface area contributed by atoms with Crippen LogP contribution >= 0.6 is 35.0 Å². The van der Waals surface area contributed by atoms with Crippen LogP contribution in [0.25, 0.3) is 6.08 Å². The van der Waals surface area contributed by atoms with Crippen molar-refractivity contribution in [2.75, 3.05) is 7.11 Å². The number of ether oxygens (including phenoxy) is 1. The second-order valence-electron chi connectivity index (χ2n) is 4.85. The number of halogens is 2. The van der Waals surface area contributed by atoms with Crippen molar-refractivity contribution in [3.8, 4) is 5.75 Å². The topological polar surface area (TPSA) is 50.7 Å². The molecule has 0 aliphatic carbocycles. The molecule has 0 atom stereocenters. The van der Waals surface area contributed by atoms with Gasteiger partial charge in [-0.05, 0) is 59.8 Å². The van der Waals surface area contributed by atoms with Gasteiger partial charge in [-0.25, -0.2) is 4.99 Å². The van der Waals surface area contributed by atoms with E-state index in [1.165, 1.54) is 11.8 Å². The lowest BCUT2D eigenvalue weighted by Gasteiger charge is -2.03. The summed E-state index contributed by atoms with van der Waals surface area (Å²) in [7, 11) is 1.55. The van der Waals surface area contributed by atoms with Gasteiger partial charge in [-0.2, -0.15) is 0 Å². The Kier molecular flexibility index (Phi) is 5.14. The van der Waals surface area contributed by atoms with E-state index in [-0.39, 0.29) is 5.91 Å². The van der Waals surface area contributed by atoms with Gasteiger partial charge in [0.25, 0.3) is 5.91 Å². The van der Waals surface area contributed by atoms with Crippen LogP contribution in [0.4, 0.5) is 5.69 Å². The molecule has 1 aliphatic rings. The van der Waals surface area contributed by atoms with E-state index in [4.69, 9.17) is 27.9 Å². The summed E-state index contributed by atoms with van der Waals surface area (Å²) >= 11 is 13.2. The molecule has 1 fully saturated rings. The van der Waals surface area contributed by atoms with Crippen LogP contribution in [0.15, 0.2) is 52.4 Å². The van der Waals surface area contributed by atoms with Crippen LogP contribution in [-0.2, 0) is 4.79 Å². The molecular formula is C17H12Cl2N2O2S. The van der Waals surface area contributed by atoms with Crippen LogP contribution in [0.3, 0.4) is 0 Å². The number of nitrogens with one attached hydrogen (secondary N) is 1. The van der Waals surface area contributed by atoms with E-state index in [2.05, 4.69) is 10.3 Å². The fourth-order valence-electron chi connectivity index (χ4n) is 2.04. The first-order valence-electron chi connectivity index (χ1n) is 6.94. The number of methoxy groups -OCH3 is 1. The summed E-state index contributed by atoms with van der Waals surface area (Å²) in [5.74, 6) is 0.395. The number of rotatable bonds is 3. The summed E-state index contributed by atoms with van der Waals surface area (Å²) in [5, 5.41) is 4.39. The van der Waals surface area contributed by atoms with Crippen molar-refractivity contribution in [1.29, 1.82) is 0 Å². The highest BCUT2D eigenvalue weighted by Crippen LogP contribution is 2.31. The summed E-state index contributed by atoms with van der Waals surface area (Å²) in [5.41, 5.74) is 1.53. The minimum absolute atomic E-state index is 0.195. The van der Waals surface area contributed by atoms with Crippen LogP contribution in [0.1, 0.15) is 5.56 Å². The van der Waals surface area contributed by atoms with Crippen molar-refractivity contribution in [1.82, 2.24) is 5.32 Å². The first kappa shape index (κ1) is 16.9. The molecule has 1 aliphatic heterocycles. The van der Waals surface area contributed by atoms with E-state index in [0.717, 1.165) is 11.3 Å². The Balaban J connectivity index is 1.81. The number of benzene rings is 2. The number of carbonyl (C=O) groups excluding carboxylic acids is 1. The van der Waals surface area contributed by atoms with Crippen LogP contribution in [0.5, 0.6) is 5.75 Å². The van der Waals surface area contributed by atoms with E-state index in [1.807, 2.05) is 6.07 Å². The third-order valence-corrected chi connectivity index (χ3v) is 4.64. The van der Waals surface area contributed by atoms with Gasteiger partial charge in [0, 0.05) is 5.02 Å². The standard InChI is InChI=1S/C17H12Cl2N2O2S/c1-23-14-7-2-10(8-13(14)19)9-15-16(22)21-17(24-15)20-12-5-3-11(18)4-6-12/h2-9H,1H3,(H,20,21,22)/b15-9+. The number of aliphatic imine (C=N–C) groups is 1. The third kappa shape index (κ3) is 3.93. The lowest BCUT2D eigenvalue weighted by Crippen LogP contribution is -2.19. The highest BCUT2D eigenvalue weighted by atomic mass is 35.5. The molecule has 0 spiro atoms. The molecule has 0 bridgehead atoms. The molecule has 2 aromatic rings. The molecule has 1 amide bonds. The molecule has 2 aromatic carbocycles. The summed E-state index contributed by atoms with van der Waals surface area (Å²) in [6.45, 7) is 0.